The van der Waals surface area contributed by atoms with Crippen molar-refractivity contribution in [3.63, 3.8) is 0 Å². The standard InChI is InChI=1S/C16H21NO/c1-13(17-15-10-6-3-7-11-15)12-16(18)14-8-4-2-5-9-14/h2,4-5,8-9,12,15,17H,3,6-7,10-11H2,1H3/b13-12-. The number of carbonyl (C=O) groups is 1. The van der Waals surface area contributed by atoms with Gasteiger partial charge in [0.1, 0.15) is 0 Å². The first kappa shape index (κ1) is 12.9. The fraction of sp³-hybridized carbons (Fsp3) is 0.438. The van der Waals surface area contributed by atoms with Crippen molar-refractivity contribution in [2.24, 2.45) is 0 Å². The van der Waals surface area contributed by atoms with Crippen molar-refractivity contribution in [3.05, 3.63) is 47.7 Å². The molecule has 0 saturated heterocycles. The zero-order valence-corrected chi connectivity index (χ0v) is 11.0. The third-order valence-corrected chi connectivity index (χ3v) is 3.44. The quantitative estimate of drug-likeness (QED) is 0.645. The number of benzene rings is 1. The van der Waals surface area contributed by atoms with E-state index < -0.39 is 0 Å². The Bertz CT molecular complexity index is 416. The number of carbonyl (C=O) groups excluding carboxylic acids is 1. The Morgan fingerprint density at radius 1 is 1.17 bits per heavy atom. The van der Waals surface area contributed by atoms with Crippen molar-refractivity contribution in [3.8, 4) is 0 Å². The first-order valence-corrected chi connectivity index (χ1v) is 6.80. The van der Waals surface area contributed by atoms with E-state index in [9.17, 15) is 4.79 Å². The van der Waals surface area contributed by atoms with Gasteiger partial charge in [0, 0.05) is 23.4 Å². The fourth-order valence-electron chi connectivity index (χ4n) is 2.49. The monoisotopic (exact) mass is 243 g/mol. The first-order chi connectivity index (χ1) is 8.75. The van der Waals surface area contributed by atoms with Gasteiger partial charge in [-0.1, -0.05) is 49.6 Å². The van der Waals surface area contributed by atoms with Gasteiger partial charge in [-0.15, -0.1) is 0 Å². The van der Waals surface area contributed by atoms with E-state index in [-0.39, 0.29) is 5.78 Å². The summed E-state index contributed by atoms with van der Waals surface area (Å²) in [7, 11) is 0. The van der Waals surface area contributed by atoms with Gasteiger partial charge in [-0.2, -0.15) is 0 Å². The Hall–Kier alpha value is -1.57. The van der Waals surface area contributed by atoms with Gasteiger partial charge in [-0.25, -0.2) is 0 Å². The molecule has 0 unspecified atom stereocenters. The molecule has 96 valence electrons. The minimum absolute atomic E-state index is 0.0800. The summed E-state index contributed by atoms with van der Waals surface area (Å²) in [6, 6.07) is 9.97. The maximum atomic E-state index is 12.0. The molecule has 1 aromatic rings. The maximum absolute atomic E-state index is 12.0. The van der Waals surface area contributed by atoms with Crippen LogP contribution in [-0.4, -0.2) is 11.8 Å². The average molecular weight is 243 g/mol. The number of rotatable bonds is 4. The predicted octanol–water partition coefficient (Wildman–Crippen LogP) is 3.70. The Labute approximate surface area is 109 Å². The summed E-state index contributed by atoms with van der Waals surface area (Å²) < 4.78 is 0. The summed E-state index contributed by atoms with van der Waals surface area (Å²) in [6.45, 7) is 1.98. The van der Waals surface area contributed by atoms with Crippen LogP contribution in [0.3, 0.4) is 0 Å². The van der Waals surface area contributed by atoms with Gasteiger partial charge in [0.05, 0.1) is 0 Å². The molecule has 0 bridgehead atoms. The number of nitrogens with one attached hydrogen (secondary N) is 1. The number of allylic oxidation sites excluding steroid dienone is 2. The largest absolute Gasteiger partial charge is 0.386 e. The second kappa shape index (κ2) is 6.39. The molecule has 1 aliphatic rings. The van der Waals surface area contributed by atoms with E-state index >= 15 is 0 Å². The molecule has 0 heterocycles. The molecule has 1 aromatic carbocycles. The van der Waals surface area contributed by atoms with Crippen LogP contribution < -0.4 is 5.32 Å². The predicted molar refractivity (Wildman–Crippen MR) is 74.5 cm³/mol. The van der Waals surface area contributed by atoms with Crippen molar-refractivity contribution in [1.29, 1.82) is 0 Å². The molecule has 0 aliphatic heterocycles. The molecular weight excluding hydrogens is 222 g/mol. The lowest BCUT2D eigenvalue weighted by molar-refractivity contribution is 0.104. The van der Waals surface area contributed by atoms with Gasteiger partial charge in [0.25, 0.3) is 0 Å². The highest BCUT2D eigenvalue weighted by molar-refractivity contribution is 6.04. The topological polar surface area (TPSA) is 29.1 Å². The Kier molecular flexibility index (Phi) is 4.57. The second-order valence-corrected chi connectivity index (χ2v) is 5.04. The third-order valence-electron chi connectivity index (χ3n) is 3.44. The Morgan fingerprint density at radius 3 is 2.50 bits per heavy atom. The fourth-order valence-corrected chi connectivity index (χ4v) is 2.49. The van der Waals surface area contributed by atoms with E-state index in [0.29, 0.717) is 6.04 Å². The van der Waals surface area contributed by atoms with E-state index in [0.717, 1.165) is 11.3 Å². The van der Waals surface area contributed by atoms with Crippen LogP contribution in [0.1, 0.15) is 49.4 Å². The van der Waals surface area contributed by atoms with Gasteiger partial charge in [-0.05, 0) is 19.8 Å². The van der Waals surface area contributed by atoms with Gasteiger partial charge >= 0.3 is 0 Å². The summed E-state index contributed by atoms with van der Waals surface area (Å²) in [4.78, 5) is 12.0. The summed E-state index contributed by atoms with van der Waals surface area (Å²) in [5, 5.41) is 3.46. The SMILES string of the molecule is C/C(=C/C(=O)c1ccccc1)NC1CCCCC1. The van der Waals surface area contributed by atoms with Gasteiger partial charge in [0.15, 0.2) is 5.78 Å². The molecule has 2 nitrogen and oxygen atoms in total. The van der Waals surface area contributed by atoms with Crippen LogP contribution in [-0.2, 0) is 0 Å². The summed E-state index contributed by atoms with van der Waals surface area (Å²) >= 11 is 0. The van der Waals surface area contributed by atoms with Crippen LogP contribution in [0.25, 0.3) is 0 Å². The lowest BCUT2D eigenvalue weighted by Gasteiger charge is -2.24. The van der Waals surface area contributed by atoms with Crippen molar-refractivity contribution in [2.45, 2.75) is 45.1 Å². The van der Waals surface area contributed by atoms with Crippen LogP contribution >= 0.6 is 0 Å². The number of ketones is 1. The highest BCUT2D eigenvalue weighted by Gasteiger charge is 2.13. The molecule has 2 heteroatoms. The molecule has 1 saturated carbocycles. The van der Waals surface area contributed by atoms with Crippen molar-refractivity contribution in [1.82, 2.24) is 5.32 Å². The molecule has 2 rings (SSSR count). The summed E-state index contributed by atoms with van der Waals surface area (Å²) in [5.74, 6) is 0.0800. The van der Waals surface area contributed by atoms with Crippen molar-refractivity contribution < 1.29 is 4.79 Å². The zero-order chi connectivity index (χ0) is 12.8. The van der Waals surface area contributed by atoms with Gasteiger partial charge < -0.3 is 5.32 Å². The van der Waals surface area contributed by atoms with E-state index in [4.69, 9.17) is 0 Å². The van der Waals surface area contributed by atoms with Crippen molar-refractivity contribution in [2.75, 3.05) is 0 Å². The van der Waals surface area contributed by atoms with Gasteiger partial charge in [0.2, 0.25) is 0 Å². The molecule has 0 radical (unpaired) electrons. The van der Waals surface area contributed by atoms with Gasteiger partial charge in [-0.3, -0.25) is 4.79 Å². The minimum atomic E-state index is 0.0800. The molecule has 1 fully saturated rings. The van der Waals surface area contributed by atoms with Crippen LogP contribution in [0.5, 0.6) is 0 Å². The first-order valence-electron chi connectivity index (χ1n) is 6.80. The van der Waals surface area contributed by atoms with Crippen molar-refractivity contribution >= 4 is 5.78 Å². The molecule has 0 aromatic heterocycles. The van der Waals surface area contributed by atoms with E-state index in [1.165, 1.54) is 32.1 Å². The highest BCUT2D eigenvalue weighted by atomic mass is 16.1. The second-order valence-electron chi connectivity index (χ2n) is 5.04. The lowest BCUT2D eigenvalue weighted by atomic mass is 9.95. The molecule has 0 atom stereocenters. The minimum Gasteiger partial charge on any atom is -0.386 e. The van der Waals surface area contributed by atoms with Crippen LogP contribution in [0, 0.1) is 0 Å². The normalized spacial score (nSPS) is 17.5. The van der Waals surface area contributed by atoms with Crippen LogP contribution in [0.15, 0.2) is 42.1 Å². The summed E-state index contributed by atoms with van der Waals surface area (Å²) in [5.41, 5.74) is 1.73. The van der Waals surface area contributed by atoms with E-state index in [1.807, 2.05) is 37.3 Å². The highest BCUT2D eigenvalue weighted by Crippen LogP contribution is 2.18. The molecule has 1 N–H and O–H groups in total. The third kappa shape index (κ3) is 3.73. The van der Waals surface area contributed by atoms with Crippen LogP contribution in [0.2, 0.25) is 0 Å². The Balaban J connectivity index is 1.93. The van der Waals surface area contributed by atoms with E-state index in [2.05, 4.69) is 5.32 Å². The Morgan fingerprint density at radius 2 is 1.83 bits per heavy atom. The maximum Gasteiger partial charge on any atom is 0.187 e. The zero-order valence-electron chi connectivity index (χ0n) is 11.0. The number of hydrogen-bond donors (Lipinski definition) is 1. The lowest BCUT2D eigenvalue weighted by Crippen LogP contribution is -2.29. The molecule has 1 aliphatic carbocycles. The summed E-state index contributed by atoms with van der Waals surface area (Å²) in [6.07, 6.45) is 8.12. The molecule has 18 heavy (non-hydrogen) atoms. The molecular formula is C16H21NO. The molecule has 0 amide bonds. The smallest absolute Gasteiger partial charge is 0.187 e. The van der Waals surface area contributed by atoms with Crippen LogP contribution in [0.4, 0.5) is 0 Å². The van der Waals surface area contributed by atoms with E-state index in [1.54, 1.807) is 6.08 Å². The average Bonchev–Trinajstić information content (AvgIpc) is 2.40. The number of hydrogen-bond acceptors (Lipinski definition) is 2. The molecule has 0 spiro atoms.